The molecule has 0 aromatic heterocycles. The summed E-state index contributed by atoms with van der Waals surface area (Å²) in [7, 11) is 2.15. The first-order valence-electron chi connectivity index (χ1n) is 7.06. The van der Waals surface area contributed by atoms with E-state index in [9.17, 15) is 4.39 Å². The van der Waals surface area contributed by atoms with Gasteiger partial charge in [0.2, 0.25) is 0 Å². The molecular weight excluding hydrogens is 241 g/mol. The van der Waals surface area contributed by atoms with Gasteiger partial charge in [0, 0.05) is 32.2 Å². The Balaban J connectivity index is 1.88. The first-order valence-corrected chi connectivity index (χ1v) is 7.06. The van der Waals surface area contributed by atoms with Crippen molar-refractivity contribution in [1.29, 1.82) is 0 Å². The quantitative estimate of drug-likeness (QED) is 0.879. The Morgan fingerprint density at radius 1 is 1.37 bits per heavy atom. The van der Waals surface area contributed by atoms with E-state index < -0.39 is 0 Å². The monoisotopic (exact) mass is 265 g/mol. The number of hydrogen-bond donors (Lipinski definition) is 1. The minimum Gasteiger partial charge on any atom is -0.329 e. The fourth-order valence-electron chi connectivity index (χ4n) is 2.77. The molecule has 106 valence electrons. The molecule has 1 aromatic rings. The van der Waals surface area contributed by atoms with Crippen LogP contribution in [0.4, 0.5) is 4.39 Å². The number of likely N-dealkylation sites (N-methyl/N-ethyl adjacent to an activating group) is 1. The SMILES string of the molecule is CN(CCN)C1CCCN(Cc2ccc(F)cc2)C1. The number of hydrogen-bond acceptors (Lipinski definition) is 3. The molecule has 1 aromatic carbocycles. The molecule has 0 aliphatic carbocycles. The Morgan fingerprint density at radius 3 is 2.79 bits per heavy atom. The summed E-state index contributed by atoms with van der Waals surface area (Å²) >= 11 is 0. The Labute approximate surface area is 115 Å². The highest BCUT2D eigenvalue weighted by atomic mass is 19.1. The molecule has 1 aliphatic rings. The standard InChI is InChI=1S/C15H24FN3/c1-18(10-8-17)15-3-2-9-19(12-15)11-13-4-6-14(16)7-5-13/h4-7,15H,2-3,8-12,17H2,1H3. The number of rotatable bonds is 5. The van der Waals surface area contributed by atoms with E-state index in [0.29, 0.717) is 12.6 Å². The summed E-state index contributed by atoms with van der Waals surface area (Å²) in [6.45, 7) is 4.78. The molecule has 3 nitrogen and oxygen atoms in total. The second kappa shape index (κ2) is 6.98. The van der Waals surface area contributed by atoms with Crippen molar-refractivity contribution in [2.24, 2.45) is 5.73 Å². The summed E-state index contributed by atoms with van der Waals surface area (Å²) in [5, 5.41) is 0. The minimum atomic E-state index is -0.164. The van der Waals surface area contributed by atoms with Crippen LogP contribution >= 0.6 is 0 Å². The van der Waals surface area contributed by atoms with Gasteiger partial charge in [-0.2, -0.15) is 0 Å². The topological polar surface area (TPSA) is 32.5 Å². The van der Waals surface area contributed by atoms with Crippen LogP contribution in [0.2, 0.25) is 0 Å². The lowest BCUT2D eigenvalue weighted by Gasteiger charge is -2.37. The molecule has 0 bridgehead atoms. The number of likely N-dealkylation sites (tertiary alicyclic amines) is 1. The zero-order valence-electron chi connectivity index (χ0n) is 11.7. The molecule has 19 heavy (non-hydrogen) atoms. The van der Waals surface area contributed by atoms with Crippen LogP contribution in [0.3, 0.4) is 0 Å². The fraction of sp³-hybridized carbons (Fsp3) is 0.600. The van der Waals surface area contributed by atoms with Crippen LogP contribution in [0.15, 0.2) is 24.3 Å². The lowest BCUT2D eigenvalue weighted by molar-refractivity contribution is 0.113. The van der Waals surface area contributed by atoms with E-state index in [2.05, 4.69) is 16.8 Å². The predicted octanol–water partition coefficient (Wildman–Crippen LogP) is 1.68. The molecule has 2 rings (SSSR count). The fourth-order valence-corrected chi connectivity index (χ4v) is 2.77. The van der Waals surface area contributed by atoms with Crippen molar-refractivity contribution in [3.63, 3.8) is 0 Å². The highest BCUT2D eigenvalue weighted by molar-refractivity contribution is 5.16. The number of nitrogens with zero attached hydrogens (tertiary/aromatic N) is 2. The molecule has 2 N–H and O–H groups in total. The molecule has 0 spiro atoms. The van der Waals surface area contributed by atoms with E-state index in [0.717, 1.165) is 26.2 Å². The maximum atomic E-state index is 12.9. The largest absolute Gasteiger partial charge is 0.329 e. The van der Waals surface area contributed by atoms with Crippen molar-refractivity contribution in [2.75, 3.05) is 33.2 Å². The van der Waals surface area contributed by atoms with Crippen LogP contribution in [-0.4, -0.2) is 49.1 Å². The zero-order chi connectivity index (χ0) is 13.7. The van der Waals surface area contributed by atoms with Gasteiger partial charge in [0.1, 0.15) is 5.82 Å². The normalized spacial score (nSPS) is 20.9. The van der Waals surface area contributed by atoms with Gasteiger partial charge in [-0.05, 0) is 44.1 Å². The van der Waals surface area contributed by atoms with Crippen LogP contribution in [0.5, 0.6) is 0 Å². The average Bonchev–Trinajstić information content (AvgIpc) is 2.42. The summed E-state index contributed by atoms with van der Waals surface area (Å²) in [6, 6.07) is 7.43. The van der Waals surface area contributed by atoms with E-state index in [1.54, 1.807) is 0 Å². The van der Waals surface area contributed by atoms with E-state index in [-0.39, 0.29) is 5.82 Å². The summed E-state index contributed by atoms with van der Waals surface area (Å²) < 4.78 is 12.9. The molecule has 1 aliphatic heterocycles. The molecule has 1 heterocycles. The van der Waals surface area contributed by atoms with Gasteiger partial charge in [-0.15, -0.1) is 0 Å². The van der Waals surface area contributed by atoms with E-state index in [1.807, 2.05) is 12.1 Å². The van der Waals surface area contributed by atoms with Crippen molar-refractivity contribution in [3.05, 3.63) is 35.6 Å². The molecule has 1 atom stereocenters. The van der Waals surface area contributed by atoms with Crippen molar-refractivity contribution < 1.29 is 4.39 Å². The minimum absolute atomic E-state index is 0.164. The summed E-state index contributed by atoms with van der Waals surface area (Å²) in [5.41, 5.74) is 6.80. The predicted molar refractivity (Wildman–Crippen MR) is 76.4 cm³/mol. The zero-order valence-corrected chi connectivity index (χ0v) is 11.7. The third kappa shape index (κ3) is 4.27. The van der Waals surface area contributed by atoms with Crippen LogP contribution < -0.4 is 5.73 Å². The Bertz CT molecular complexity index is 379. The van der Waals surface area contributed by atoms with E-state index in [4.69, 9.17) is 5.73 Å². The molecule has 4 heteroatoms. The second-order valence-electron chi connectivity index (χ2n) is 5.43. The Kier molecular flexibility index (Phi) is 5.31. The van der Waals surface area contributed by atoms with Crippen LogP contribution in [0.1, 0.15) is 18.4 Å². The van der Waals surface area contributed by atoms with Crippen molar-refractivity contribution in [2.45, 2.75) is 25.4 Å². The van der Waals surface area contributed by atoms with Gasteiger partial charge in [0.15, 0.2) is 0 Å². The first kappa shape index (κ1) is 14.4. The number of halogens is 1. The lowest BCUT2D eigenvalue weighted by Crippen LogP contribution is -2.47. The van der Waals surface area contributed by atoms with Gasteiger partial charge in [-0.3, -0.25) is 4.90 Å². The van der Waals surface area contributed by atoms with Crippen LogP contribution in [-0.2, 0) is 6.54 Å². The van der Waals surface area contributed by atoms with E-state index >= 15 is 0 Å². The lowest BCUT2D eigenvalue weighted by atomic mass is 10.0. The molecule has 0 amide bonds. The average molecular weight is 265 g/mol. The number of piperidine rings is 1. The highest BCUT2D eigenvalue weighted by Gasteiger charge is 2.22. The van der Waals surface area contributed by atoms with Crippen LogP contribution in [0.25, 0.3) is 0 Å². The summed E-state index contributed by atoms with van der Waals surface area (Å²) in [5.74, 6) is -0.164. The Hall–Kier alpha value is -0.970. The molecule has 1 saturated heterocycles. The van der Waals surface area contributed by atoms with Gasteiger partial charge in [-0.1, -0.05) is 12.1 Å². The molecular formula is C15H24FN3. The molecule has 1 fully saturated rings. The maximum Gasteiger partial charge on any atom is 0.123 e. The number of nitrogens with two attached hydrogens (primary N) is 1. The highest BCUT2D eigenvalue weighted by Crippen LogP contribution is 2.17. The second-order valence-corrected chi connectivity index (χ2v) is 5.43. The van der Waals surface area contributed by atoms with Crippen molar-refractivity contribution in [1.82, 2.24) is 9.80 Å². The van der Waals surface area contributed by atoms with Gasteiger partial charge in [-0.25, -0.2) is 4.39 Å². The first-order chi connectivity index (χ1) is 9.19. The van der Waals surface area contributed by atoms with E-state index in [1.165, 1.54) is 30.5 Å². The molecule has 0 radical (unpaired) electrons. The van der Waals surface area contributed by atoms with Crippen molar-refractivity contribution in [3.8, 4) is 0 Å². The van der Waals surface area contributed by atoms with Gasteiger partial charge in [0.25, 0.3) is 0 Å². The maximum absolute atomic E-state index is 12.9. The van der Waals surface area contributed by atoms with Crippen molar-refractivity contribution >= 4 is 0 Å². The van der Waals surface area contributed by atoms with Crippen LogP contribution in [0, 0.1) is 5.82 Å². The summed E-state index contributed by atoms with van der Waals surface area (Å²) in [4.78, 5) is 4.81. The third-order valence-corrected chi connectivity index (χ3v) is 3.91. The molecule has 0 saturated carbocycles. The van der Waals surface area contributed by atoms with Gasteiger partial charge in [0.05, 0.1) is 0 Å². The third-order valence-electron chi connectivity index (χ3n) is 3.91. The number of benzene rings is 1. The smallest absolute Gasteiger partial charge is 0.123 e. The summed E-state index contributed by atoms with van der Waals surface area (Å²) in [6.07, 6.45) is 2.47. The molecule has 1 unspecified atom stereocenters. The Morgan fingerprint density at radius 2 is 2.11 bits per heavy atom. The van der Waals surface area contributed by atoms with Gasteiger partial charge >= 0.3 is 0 Å². The van der Waals surface area contributed by atoms with Gasteiger partial charge < -0.3 is 10.6 Å².